The van der Waals surface area contributed by atoms with Crippen LogP contribution < -0.4 is 0 Å². The lowest BCUT2D eigenvalue weighted by Crippen LogP contribution is -2.72. The summed E-state index contributed by atoms with van der Waals surface area (Å²) in [6, 6.07) is 1.74. The molecule has 2 heterocycles. The van der Waals surface area contributed by atoms with Gasteiger partial charge in [0, 0.05) is 33.8 Å². The summed E-state index contributed by atoms with van der Waals surface area (Å²) in [6.07, 6.45) is 4.55. The molecular formula is C27H32O8. The first kappa shape index (κ1) is 24.0. The highest BCUT2D eigenvalue weighted by atomic mass is 16.5. The van der Waals surface area contributed by atoms with Crippen molar-refractivity contribution in [1.29, 1.82) is 0 Å². The molecule has 8 heteroatoms. The smallest absolute Gasteiger partial charge is 0.331 e. The quantitative estimate of drug-likeness (QED) is 0.512. The Labute approximate surface area is 204 Å². The Hall–Kier alpha value is -2.74. The number of aliphatic hydroxyl groups is 1. The zero-order chi connectivity index (χ0) is 25.6. The number of carbonyl (C=O) groups is 4. The number of hydrogen-bond donors (Lipinski definition) is 1. The molecule has 0 saturated heterocycles. The fraction of sp³-hybridized carbons (Fsp3) is 0.630. The topological polar surface area (TPSA) is 120 Å². The minimum atomic E-state index is -1.58. The number of carbonyl (C=O) groups excluding carboxylic acids is 4. The number of furan rings is 1. The van der Waals surface area contributed by atoms with Crippen molar-refractivity contribution < 1.29 is 38.2 Å². The van der Waals surface area contributed by atoms with E-state index in [0.717, 1.165) is 0 Å². The van der Waals surface area contributed by atoms with Crippen molar-refractivity contribution >= 4 is 23.5 Å². The molecule has 1 aromatic rings. The van der Waals surface area contributed by atoms with Gasteiger partial charge in [-0.2, -0.15) is 0 Å². The van der Waals surface area contributed by atoms with Gasteiger partial charge in [0.1, 0.15) is 17.7 Å². The number of Topliss-reactive ketones (excluding diaryl/α,β-unsaturated/α-hetero) is 2. The first-order valence-corrected chi connectivity index (χ1v) is 12.1. The van der Waals surface area contributed by atoms with Gasteiger partial charge in [-0.25, -0.2) is 4.79 Å². The second kappa shape index (κ2) is 7.38. The second-order valence-corrected chi connectivity index (χ2v) is 11.7. The number of ether oxygens (including phenoxy) is 2. The van der Waals surface area contributed by atoms with Gasteiger partial charge in [0.15, 0.2) is 0 Å². The van der Waals surface area contributed by atoms with E-state index < -0.39 is 57.6 Å². The monoisotopic (exact) mass is 484 g/mol. The summed E-state index contributed by atoms with van der Waals surface area (Å²) < 4.78 is 15.9. The van der Waals surface area contributed by atoms with Crippen molar-refractivity contribution in [3.8, 4) is 0 Å². The fourth-order valence-electron chi connectivity index (χ4n) is 8.03. The van der Waals surface area contributed by atoms with Crippen LogP contribution in [0.3, 0.4) is 0 Å². The van der Waals surface area contributed by atoms with Crippen LogP contribution in [0.2, 0.25) is 0 Å². The van der Waals surface area contributed by atoms with E-state index in [-0.39, 0.29) is 24.4 Å². The molecule has 1 aromatic heterocycles. The molecule has 3 saturated carbocycles. The van der Waals surface area contributed by atoms with Gasteiger partial charge in [-0.05, 0) is 36.8 Å². The van der Waals surface area contributed by atoms with Crippen molar-refractivity contribution in [2.24, 2.45) is 34.0 Å². The molecular weight excluding hydrogens is 452 g/mol. The Balaban J connectivity index is 1.67. The van der Waals surface area contributed by atoms with Gasteiger partial charge in [-0.15, -0.1) is 0 Å². The Morgan fingerprint density at radius 1 is 1.17 bits per heavy atom. The van der Waals surface area contributed by atoms with Gasteiger partial charge >= 0.3 is 11.9 Å². The number of ketones is 2. The Kier molecular flexibility index (Phi) is 5.06. The van der Waals surface area contributed by atoms with Crippen molar-refractivity contribution in [2.45, 2.75) is 65.1 Å². The van der Waals surface area contributed by atoms with E-state index in [0.29, 0.717) is 24.0 Å². The first-order valence-electron chi connectivity index (χ1n) is 12.1. The second-order valence-electron chi connectivity index (χ2n) is 11.7. The molecule has 1 N–H and O–H groups in total. The fourth-order valence-corrected chi connectivity index (χ4v) is 8.03. The van der Waals surface area contributed by atoms with Crippen LogP contribution in [0.4, 0.5) is 0 Å². The first-order chi connectivity index (χ1) is 16.3. The highest BCUT2D eigenvalue weighted by Gasteiger charge is 2.73. The zero-order valence-electron chi connectivity index (χ0n) is 20.8. The van der Waals surface area contributed by atoms with E-state index in [1.54, 1.807) is 26.8 Å². The molecule has 188 valence electrons. The summed E-state index contributed by atoms with van der Waals surface area (Å²) >= 11 is 0. The summed E-state index contributed by atoms with van der Waals surface area (Å²) in [7, 11) is 1.28. The highest BCUT2D eigenvalue weighted by molar-refractivity contribution is 6.11. The lowest BCUT2D eigenvalue weighted by Gasteiger charge is -2.66. The average Bonchev–Trinajstić information content (AvgIpc) is 3.33. The Morgan fingerprint density at radius 2 is 1.89 bits per heavy atom. The molecule has 5 rings (SSSR count). The van der Waals surface area contributed by atoms with Gasteiger partial charge in [-0.1, -0.05) is 27.7 Å². The summed E-state index contributed by atoms with van der Waals surface area (Å²) in [6.45, 7) is 7.30. The summed E-state index contributed by atoms with van der Waals surface area (Å²) in [5.74, 6) is -3.82. The molecule has 3 fully saturated rings. The van der Waals surface area contributed by atoms with Crippen molar-refractivity contribution in [3.63, 3.8) is 0 Å². The van der Waals surface area contributed by atoms with Crippen LogP contribution in [0, 0.1) is 34.0 Å². The molecule has 1 unspecified atom stereocenters. The molecule has 7 atom stereocenters. The minimum Gasteiger partial charge on any atom is -0.472 e. The molecule has 0 radical (unpaired) electrons. The summed E-state index contributed by atoms with van der Waals surface area (Å²) in [5, 5.41) is 12.5. The number of esters is 2. The predicted octanol–water partition coefficient (Wildman–Crippen LogP) is 3.33. The van der Waals surface area contributed by atoms with Crippen LogP contribution in [0.25, 0.3) is 0 Å². The van der Waals surface area contributed by atoms with E-state index in [1.165, 1.54) is 25.7 Å². The molecule has 35 heavy (non-hydrogen) atoms. The van der Waals surface area contributed by atoms with Crippen LogP contribution in [0.5, 0.6) is 0 Å². The minimum absolute atomic E-state index is 0.0773. The van der Waals surface area contributed by atoms with Gasteiger partial charge in [-0.3, -0.25) is 14.4 Å². The maximum Gasteiger partial charge on any atom is 0.331 e. The third-order valence-corrected chi connectivity index (χ3v) is 9.76. The van der Waals surface area contributed by atoms with Crippen LogP contribution in [0.1, 0.15) is 65.0 Å². The van der Waals surface area contributed by atoms with Crippen molar-refractivity contribution in [1.82, 2.24) is 0 Å². The largest absolute Gasteiger partial charge is 0.472 e. The van der Waals surface area contributed by atoms with Crippen LogP contribution in [-0.4, -0.2) is 41.3 Å². The van der Waals surface area contributed by atoms with Crippen LogP contribution in [0.15, 0.2) is 34.7 Å². The third-order valence-electron chi connectivity index (χ3n) is 9.76. The normalized spacial score (nSPS) is 41.9. The van der Waals surface area contributed by atoms with Crippen LogP contribution >= 0.6 is 0 Å². The maximum atomic E-state index is 13.9. The molecule has 1 aliphatic heterocycles. The number of hydrogen-bond acceptors (Lipinski definition) is 8. The molecule has 2 bridgehead atoms. The Bertz CT molecular complexity index is 1150. The third kappa shape index (κ3) is 2.95. The van der Waals surface area contributed by atoms with Gasteiger partial charge < -0.3 is 19.0 Å². The lowest BCUT2D eigenvalue weighted by molar-refractivity contribution is -0.207. The summed E-state index contributed by atoms with van der Waals surface area (Å²) in [5.41, 5.74) is -3.25. The van der Waals surface area contributed by atoms with E-state index >= 15 is 0 Å². The highest BCUT2D eigenvalue weighted by Crippen LogP contribution is 2.69. The average molecular weight is 485 g/mol. The summed E-state index contributed by atoms with van der Waals surface area (Å²) in [4.78, 5) is 52.7. The van der Waals surface area contributed by atoms with E-state index in [1.807, 2.05) is 6.92 Å². The number of fused-ring (bicyclic) bond motifs is 6. The van der Waals surface area contributed by atoms with E-state index in [4.69, 9.17) is 13.9 Å². The maximum absolute atomic E-state index is 13.9. The molecule has 4 aliphatic rings. The number of methoxy groups -OCH3 is 1. The molecule has 8 nitrogen and oxygen atoms in total. The van der Waals surface area contributed by atoms with Gasteiger partial charge in [0.2, 0.25) is 0 Å². The Morgan fingerprint density at radius 3 is 2.51 bits per heavy atom. The van der Waals surface area contributed by atoms with Gasteiger partial charge in [0.05, 0.1) is 37.6 Å². The standard InChI is InChI=1S/C27H32O8/c1-24(2)17(10-19(28)33-5)26(4)16-6-8-25(3)18(27(16,32)12-15(21(24)30)22(26)31)11-20(29)35-23(25)14-7-9-34-13-14/h7,9,11,13,15-17,23,32H,6,8,10,12H2,1-5H3/t15-,16+,17?,23-,25+,26+,27+/m0/s1. The molecule has 0 aromatic carbocycles. The lowest BCUT2D eigenvalue weighted by atomic mass is 9.37. The predicted molar refractivity (Wildman–Crippen MR) is 122 cm³/mol. The molecule has 3 aliphatic carbocycles. The number of rotatable bonds is 3. The van der Waals surface area contributed by atoms with Crippen molar-refractivity contribution in [2.75, 3.05) is 7.11 Å². The molecule has 0 amide bonds. The SMILES string of the molecule is COC(=O)CC1C(C)(C)C(=O)[C@@H]2C[C@]3(O)C4=CC(=O)O[C@@H](c5ccoc5)[C@]4(C)CC[C@@H]3[C@@]1(C)C2=O. The number of cyclic esters (lactones) is 1. The van der Waals surface area contributed by atoms with E-state index in [9.17, 15) is 24.3 Å². The van der Waals surface area contributed by atoms with Crippen LogP contribution in [-0.2, 0) is 28.7 Å². The van der Waals surface area contributed by atoms with E-state index in [2.05, 4.69) is 0 Å². The molecule has 0 spiro atoms. The van der Waals surface area contributed by atoms with Crippen molar-refractivity contribution in [3.05, 3.63) is 35.8 Å². The zero-order valence-corrected chi connectivity index (χ0v) is 20.8. The van der Waals surface area contributed by atoms with Gasteiger partial charge in [0.25, 0.3) is 0 Å².